The van der Waals surface area contributed by atoms with Gasteiger partial charge in [-0.1, -0.05) is 188 Å². The monoisotopic (exact) mass is 777 g/mol. The summed E-state index contributed by atoms with van der Waals surface area (Å²) in [6, 6.07) is 86.1. The van der Waals surface area contributed by atoms with Gasteiger partial charge in [-0.2, -0.15) is 0 Å². The summed E-state index contributed by atoms with van der Waals surface area (Å²) >= 11 is 0. The van der Waals surface area contributed by atoms with Gasteiger partial charge in [-0.05, 0) is 109 Å². The Morgan fingerprint density at radius 2 is 0.836 bits per heavy atom. The highest BCUT2D eigenvalue weighted by Crippen LogP contribution is 2.57. The molecule has 0 saturated carbocycles. The minimum Gasteiger partial charge on any atom is -0.456 e. The summed E-state index contributed by atoms with van der Waals surface area (Å²) in [5.74, 6) is 0. The van der Waals surface area contributed by atoms with Crippen molar-refractivity contribution in [1.82, 2.24) is 0 Å². The van der Waals surface area contributed by atoms with Crippen LogP contribution in [0.5, 0.6) is 0 Å². The summed E-state index contributed by atoms with van der Waals surface area (Å²) in [5.41, 5.74) is 16.5. The van der Waals surface area contributed by atoms with Crippen LogP contribution in [0.25, 0.3) is 66.1 Å². The first-order chi connectivity index (χ1) is 30.2. The van der Waals surface area contributed by atoms with Gasteiger partial charge in [0.25, 0.3) is 0 Å². The Hall–Kier alpha value is -7.94. The number of rotatable bonds is 7. The lowest BCUT2D eigenvalue weighted by molar-refractivity contribution is 0.669. The summed E-state index contributed by atoms with van der Waals surface area (Å²) in [7, 11) is 0. The van der Waals surface area contributed by atoms with Crippen LogP contribution in [0.15, 0.2) is 241 Å². The lowest BCUT2D eigenvalue weighted by atomic mass is 9.67. The zero-order valence-electron chi connectivity index (χ0n) is 33.4. The van der Waals surface area contributed by atoms with Crippen molar-refractivity contribution in [1.29, 1.82) is 0 Å². The van der Waals surface area contributed by atoms with E-state index >= 15 is 0 Å². The van der Waals surface area contributed by atoms with E-state index < -0.39 is 5.41 Å². The van der Waals surface area contributed by atoms with E-state index in [1.165, 1.54) is 49.9 Å². The maximum absolute atomic E-state index is 6.74. The predicted octanol–water partition coefficient (Wildman–Crippen LogP) is 15.9. The van der Waals surface area contributed by atoms with E-state index in [1.807, 2.05) is 0 Å². The van der Waals surface area contributed by atoms with Crippen LogP contribution in [0.4, 0.5) is 17.1 Å². The molecule has 12 rings (SSSR count). The Morgan fingerprint density at radius 3 is 1.52 bits per heavy atom. The fourth-order valence-corrected chi connectivity index (χ4v) is 9.96. The van der Waals surface area contributed by atoms with Gasteiger partial charge in [0.1, 0.15) is 11.2 Å². The van der Waals surface area contributed by atoms with E-state index in [9.17, 15) is 0 Å². The van der Waals surface area contributed by atoms with Crippen LogP contribution < -0.4 is 4.90 Å². The minimum atomic E-state index is -0.540. The second kappa shape index (κ2) is 14.1. The molecule has 0 atom stereocenters. The summed E-state index contributed by atoms with van der Waals surface area (Å²) in [6.45, 7) is 0. The minimum absolute atomic E-state index is 0.540. The normalized spacial score (nSPS) is 12.7. The number of nitrogens with zero attached hydrogens (tertiary/aromatic N) is 1. The van der Waals surface area contributed by atoms with Gasteiger partial charge in [-0.15, -0.1) is 0 Å². The zero-order valence-corrected chi connectivity index (χ0v) is 33.4. The first kappa shape index (κ1) is 35.0. The number of benzene rings is 10. The molecule has 0 amide bonds. The van der Waals surface area contributed by atoms with Crippen molar-refractivity contribution in [2.45, 2.75) is 5.41 Å². The van der Waals surface area contributed by atoms with Crippen LogP contribution in [0.2, 0.25) is 0 Å². The molecule has 11 aromatic rings. The maximum Gasteiger partial charge on any atom is 0.136 e. The van der Waals surface area contributed by atoms with Crippen LogP contribution >= 0.6 is 0 Å². The van der Waals surface area contributed by atoms with Gasteiger partial charge in [0.05, 0.1) is 11.1 Å². The summed E-state index contributed by atoms with van der Waals surface area (Å²) in [5, 5.41) is 4.54. The molecule has 0 unspecified atom stereocenters. The third-order valence-corrected chi connectivity index (χ3v) is 12.7. The molecular formula is C59H39NO. The lowest BCUT2D eigenvalue weighted by Gasteiger charge is -2.35. The van der Waals surface area contributed by atoms with Crippen LogP contribution in [0, 0.1) is 0 Å². The molecule has 1 aromatic heterocycles. The van der Waals surface area contributed by atoms with Crippen LogP contribution in [0.1, 0.15) is 22.3 Å². The summed E-state index contributed by atoms with van der Waals surface area (Å²) in [4.78, 5) is 2.46. The first-order valence-electron chi connectivity index (χ1n) is 21.0. The second-order valence-electron chi connectivity index (χ2n) is 16.0. The SMILES string of the molecule is c1ccc(-c2ccc(N(c3ccc4c(c3)C(c3ccccc3)(c3ccccc3)c3ccccc3-4)c3cc4c(cc3-c3ccccc3)oc3cc5ccccc5cc34)cc2)cc1. The standard InChI is InChI=1S/C59H39NO/c1-5-17-40(18-6-1)41-29-31-47(32-30-41)60(56-38-53-52-35-43-21-13-14-22-44(43)36-57(52)61-58(53)39-51(56)42-19-7-2-8-20-42)48-33-34-50-49-27-15-16-28-54(49)59(55(50)37-48,45-23-9-3-10-24-45)46-25-11-4-12-26-46/h1-39H. The Balaban J connectivity index is 1.16. The topological polar surface area (TPSA) is 16.4 Å². The highest BCUT2D eigenvalue weighted by atomic mass is 16.3. The predicted molar refractivity (Wildman–Crippen MR) is 254 cm³/mol. The number of furan rings is 1. The Labute approximate surface area is 355 Å². The van der Waals surface area contributed by atoms with Crippen molar-refractivity contribution >= 4 is 49.8 Å². The highest BCUT2D eigenvalue weighted by Gasteiger charge is 2.46. The number of hydrogen-bond donors (Lipinski definition) is 0. The smallest absolute Gasteiger partial charge is 0.136 e. The summed E-state index contributed by atoms with van der Waals surface area (Å²) < 4.78 is 6.74. The van der Waals surface area contributed by atoms with E-state index in [1.54, 1.807) is 0 Å². The van der Waals surface area contributed by atoms with Gasteiger partial charge >= 0.3 is 0 Å². The maximum atomic E-state index is 6.74. The van der Waals surface area contributed by atoms with E-state index in [0.29, 0.717) is 0 Å². The molecule has 286 valence electrons. The molecule has 0 aliphatic heterocycles. The van der Waals surface area contributed by atoms with E-state index in [-0.39, 0.29) is 0 Å². The van der Waals surface area contributed by atoms with Crippen molar-refractivity contribution in [3.05, 3.63) is 259 Å². The number of anilines is 3. The average Bonchev–Trinajstić information content (AvgIpc) is 3.84. The Morgan fingerprint density at radius 1 is 0.328 bits per heavy atom. The van der Waals surface area contributed by atoms with Gasteiger partial charge in [-0.3, -0.25) is 0 Å². The van der Waals surface area contributed by atoms with Crippen molar-refractivity contribution in [3.63, 3.8) is 0 Å². The number of hydrogen-bond acceptors (Lipinski definition) is 2. The van der Waals surface area contributed by atoms with E-state index in [2.05, 4.69) is 241 Å². The third kappa shape index (κ3) is 5.57. The third-order valence-electron chi connectivity index (χ3n) is 12.7. The van der Waals surface area contributed by atoms with Crippen LogP contribution in [0.3, 0.4) is 0 Å². The van der Waals surface area contributed by atoms with Crippen LogP contribution in [-0.4, -0.2) is 0 Å². The zero-order chi connectivity index (χ0) is 40.3. The molecule has 0 N–H and O–H groups in total. The molecule has 0 spiro atoms. The van der Waals surface area contributed by atoms with Crippen molar-refractivity contribution < 1.29 is 4.42 Å². The highest BCUT2D eigenvalue weighted by molar-refractivity contribution is 6.13. The van der Waals surface area contributed by atoms with Gasteiger partial charge in [0.2, 0.25) is 0 Å². The lowest BCUT2D eigenvalue weighted by Crippen LogP contribution is -2.28. The molecule has 0 fully saturated rings. The van der Waals surface area contributed by atoms with Gasteiger partial charge in [0.15, 0.2) is 0 Å². The molecule has 1 aliphatic carbocycles. The quantitative estimate of drug-likeness (QED) is 0.160. The molecule has 0 radical (unpaired) electrons. The first-order valence-corrected chi connectivity index (χ1v) is 21.0. The Bertz CT molecular complexity index is 3350. The molecule has 1 heterocycles. The van der Waals surface area contributed by atoms with E-state index in [0.717, 1.165) is 55.5 Å². The van der Waals surface area contributed by atoms with Gasteiger partial charge < -0.3 is 9.32 Å². The average molecular weight is 778 g/mol. The molecule has 10 aromatic carbocycles. The molecule has 2 nitrogen and oxygen atoms in total. The van der Waals surface area contributed by atoms with Crippen molar-refractivity contribution in [3.8, 4) is 33.4 Å². The van der Waals surface area contributed by atoms with Crippen LogP contribution in [-0.2, 0) is 5.41 Å². The summed E-state index contributed by atoms with van der Waals surface area (Å²) in [6.07, 6.45) is 0. The van der Waals surface area contributed by atoms with Crippen molar-refractivity contribution in [2.24, 2.45) is 0 Å². The molecule has 0 bridgehead atoms. The second-order valence-corrected chi connectivity index (χ2v) is 16.0. The fraction of sp³-hybridized carbons (Fsp3) is 0.0169. The largest absolute Gasteiger partial charge is 0.456 e. The molecular weight excluding hydrogens is 739 g/mol. The van der Waals surface area contributed by atoms with Gasteiger partial charge in [-0.25, -0.2) is 0 Å². The molecule has 61 heavy (non-hydrogen) atoms. The Kier molecular flexibility index (Phi) is 8.11. The van der Waals surface area contributed by atoms with Gasteiger partial charge in [0, 0.05) is 27.7 Å². The fourth-order valence-electron chi connectivity index (χ4n) is 9.96. The molecule has 2 heteroatoms. The van der Waals surface area contributed by atoms with Crippen molar-refractivity contribution in [2.75, 3.05) is 4.90 Å². The molecule has 1 aliphatic rings. The number of fused-ring (bicyclic) bond motifs is 7. The van der Waals surface area contributed by atoms with E-state index in [4.69, 9.17) is 4.42 Å². The molecule has 0 saturated heterocycles.